The second-order valence-corrected chi connectivity index (χ2v) is 3.72. The zero-order valence-electron chi connectivity index (χ0n) is 9.79. The molecule has 6 heteroatoms. The van der Waals surface area contributed by atoms with E-state index in [1.165, 1.54) is 6.33 Å². The van der Waals surface area contributed by atoms with Gasteiger partial charge in [-0.3, -0.25) is 5.10 Å². The monoisotopic (exact) mass is 235 g/mol. The lowest BCUT2D eigenvalue weighted by Crippen LogP contribution is -2.07. The molecule has 2 aromatic rings. The van der Waals surface area contributed by atoms with E-state index in [1.807, 2.05) is 13.8 Å². The maximum absolute atomic E-state index is 13.8. The van der Waals surface area contributed by atoms with Gasteiger partial charge in [-0.25, -0.2) is 14.4 Å². The zero-order chi connectivity index (χ0) is 12.3. The molecular weight excluding hydrogens is 221 g/mol. The van der Waals surface area contributed by atoms with Gasteiger partial charge in [-0.2, -0.15) is 5.10 Å². The maximum Gasteiger partial charge on any atom is 0.186 e. The van der Waals surface area contributed by atoms with Crippen molar-refractivity contribution in [3.63, 3.8) is 0 Å². The minimum atomic E-state index is -0.382. The summed E-state index contributed by atoms with van der Waals surface area (Å²) in [6.07, 6.45) is 3.64. The molecule has 0 unspecified atom stereocenters. The van der Waals surface area contributed by atoms with Gasteiger partial charge < -0.3 is 5.32 Å². The number of hydrogen-bond acceptors (Lipinski definition) is 4. The Kier molecular flexibility index (Phi) is 3.32. The van der Waals surface area contributed by atoms with E-state index >= 15 is 0 Å². The smallest absolute Gasteiger partial charge is 0.186 e. The molecular formula is C11H14FN5. The quantitative estimate of drug-likeness (QED) is 0.848. The summed E-state index contributed by atoms with van der Waals surface area (Å²) in [5, 5.41) is 9.68. The van der Waals surface area contributed by atoms with E-state index in [9.17, 15) is 4.39 Å². The Balaban J connectivity index is 2.12. The summed E-state index contributed by atoms with van der Waals surface area (Å²) in [7, 11) is 0. The van der Waals surface area contributed by atoms with E-state index in [4.69, 9.17) is 0 Å². The normalized spacial score (nSPS) is 10.5. The van der Waals surface area contributed by atoms with Crippen LogP contribution in [-0.2, 0) is 13.0 Å². The first-order valence-electron chi connectivity index (χ1n) is 5.44. The summed E-state index contributed by atoms with van der Waals surface area (Å²) >= 11 is 0. The Morgan fingerprint density at radius 1 is 1.41 bits per heavy atom. The van der Waals surface area contributed by atoms with Crippen molar-refractivity contribution in [2.75, 3.05) is 5.32 Å². The van der Waals surface area contributed by atoms with Crippen LogP contribution >= 0.6 is 0 Å². The fourth-order valence-corrected chi connectivity index (χ4v) is 1.50. The lowest BCUT2D eigenvalue weighted by atomic mass is 10.2. The van der Waals surface area contributed by atoms with Crippen LogP contribution in [0.2, 0.25) is 0 Å². The molecule has 2 heterocycles. The molecule has 0 radical (unpaired) electrons. The average Bonchev–Trinajstić information content (AvgIpc) is 2.74. The molecule has 0 saturated heterocycles. The van der Waals surface area contributed by atoms with Crippen LogP contribution in [0.15, 0.2) is 12.5 Å². The van der Waals surface area contributed by atoms with Crippen molar-refractivity contribution >= 4 is 5.82 Å². The van der Waals surface area contributed by atoms with Crippen molar-refractivity contribution in [1.29, 1.82) is 0 Å². The number of aromatic nitrogens is 4. The number of aryl methyl sites for hydroxylation is 2. The Hall–Kier alpha value is -1.98. The van der Waals surface area contributed by atoms with Gasteiger partial charge in [0, 0.05) is 0 Å². The highest BCUT2D eigenvalue weighted by Gasteiger charge is 2.09. The van der Waals surface area contributed by atoms with Crippen molar-refractivity contribution < 1.29 is 4.39 Å². The first-order chi connectivity index (χ1) is 8.22. The minimum Gasteiger partial charge on any atom is -0.362 e. The molecule has 2 aromatic heterocycles. The number of halogens is 1. The third-order valence-corrected chi connectivity index (χ3v) is 2.56. The number of hydrogen-bond donors (Lipinski definition) is 2. The first-order valence-corrected chi connectivity index (χ1v) is 5.44. The van der Waals surface area contributed by atoms with Gasteiger partial charge >= 0.3 is 0 Å². The van der Waals surface area contributed by atoms with E-state index in [0.29, 0.717) is 18.7 Å². The van der Waals surface area contributed by atoms with Gasteiger partial charge in [0.05, 0.1) is 24.1 Å². The van der Waals surface area contributed by atoms with Crippen LogP contribution in [0.1, 0.15) is 23.9 Å². The van der Waals surface area contributed by atoms with Crippen molar-refractivity contribution in [2.45, 2.75) is 26.8 Å². The summed E-state index contributed by atoms with van der Waals surface area (Å²) in [5.74, 6) is -0.155. The molecule has 0 aliphatic heterocycles. The van der Waals surface area contributed by atoms with Crippen molar-refractivity contribution in [1.82, 2.24) is 20.2 Å². The summed E-state index contributed by atoms with van der Waals surface area (Å²) in [6.45, 7) is 4.26. The highest BCUT2D eigenvalue weighted by atomic mass is 19.1. The lowest BCUT2D eigenvalue weighted by molar-refractivity contribution is 0.596. The summed E-state index contributed by atoms with van der Waals surface area (Å²) in [5.41, 5.74) is 2.37. The van der Waals surface area contributed by atoms with Crippen LogP contribution in [0, 0.1) is 12.7 Å². The molecule has 0 fully saturated rings. The Labute approximate surface area is 98.5 Å². The SMILES string of the molecule is CCc1ncnc(NCc2[nH]ncc2C)c1F. The highest BCUT2D eigenvalue weighted by molar-refractivity contribution is 5.38. The lowest BCUT2D eigenvalue weighted by Gasteiger charge is -2.07. The van der Waals surface area contributed by atoms with Crippen molar-refractivity contribution in [2.24, 2.45) is 0 Å². The molecule has 5 nitrogen and oxygen atoms in total. The maximum atomic E-state index is 13.8. The molecule has 0 saturated carbocycles. The molecule has 0 aliphatic carbocycles. The van der Waals surface area contributed by atoms with Crippen LogP contribution in [-0.4, -0.2) is 20.2 Å². The van der Waals surface area contributed by atoms with Gasteiger partial charge in [0.15, 0.2) is 11.6 Å². The molecule has 0 aliphatic rings. The molecule has 0 aromatic carbocycles. The Morgan fingerprint density at radius 3 is 2.88 bits per heavy atom. The summed E-state index contributed by atoms with van der Waals surface area (Å²) in [4.78, 5) is 7.76. The Morgan fingerprint density at radius 2 is 2.24 bits per heavy atom. The van der Waals surface area contributed by atoms with Gasteiger partial charge in [0.1, 0.15) is 6.33 Å². The van der Waals surface area contributed by atoms with E-state index < -0.39 is 0 Å². The highest BCUT2D eigenvalue weighted by Crippen LogP contribution is 2.14. The fraction of sp³-hybridized carbons (Fsp3) is 0.364. The number of H-pyrrole nitrogens is 1. The molecule has 2 rings (SSSR count). The number of anilines is 1. The Bertz CT molecular complexity index is 508. The van der Waals surface area contributed by atoms with Crippen molar-refractivity contribution in [3.05, 3.63) is 35.3 Å². The molecule has 0 atom stereocenters. The van der Waals surface area contributed by atoms with Crippen LogP contribution in [0.5, 0.6) is 0 Å². The fourth-order valence-electron chi connectivity index (χ4n) is 1.50. The predicted molar refractivity (Wildman–Crippen MR) is 62.0 cm³/mol. The van der Waals surface area contributed by atoms with Crippen LogP contribution < -0.4 is 5.32 Å². The number of nitrogens with one attached hydrogen (secondary N) is 2. The second kappa shape index (κ2) is 4.90. The van der Waals surface area contributed by atoms with Crippen LogP contribution in [0.25, 0.3) is 0 Å². The predicted octanol–water partition coefficient (Wildman–Crippen LogP) is 1.82. The molecule has 0 amide bonds. The third kappa shape index (κ3) is 2.41. The number of rotatable bonds is 4. The number of aromatic amines is 1. The van der Waals surface area contributed by atoms with Crippen molar-refractivity contribution in [3.8, 4) is 0 Å². The molecule has 0 bridgehead atoms. The van der Waals surface area contributed by atoms with E-state index in [1.54, 1.807) is 6.20 Å². The topological polar surface area (TPSA) is 66.5 Å². The molecule has 0 spiro atoms. The minimum absolute atomic E-state index is 0.228. The number of nitrogens with zero attached hydrogens (tertiary/aromatic N) is 3. The van der Waals surface area contributed by atoms with Gasteiger partial charge in [0.2, 0.25) is 0 Å². The van der Waals surface area contributed by atoms with Gasteiger partial charge in [-0.05, 0) is 18.9 Å². The second-order valence-electron chi connectivity index (χ2n) is 3.72. The molecule has 90 valence electrons. The van der Waals surface area contributed by atoms with Gasteiger partial charge in [-0.15, -0.1) is 0 Å². The molecule has 17 heavy (non-hydrogen) atoms. The zero-order valence-corrected chi connectivity index (χ0v) is 9.79. The van der Waals surface area contributed by atoms with Gasteiger partial charge in [-0.1, -0.05) is 6.92 Å². The third-order valence-electron chi connectivity index (χ3n) is 2.56. The largest absolute Gasteiger partial charge is 0.362 e. The van der Waals surface area contributed by atoms with E-state index in [-0.39, 0.29) is 11.6 Å². The van der Waals surface area contributed by atoms with Crippen LogP contribution in [0.4, 0.5) is 10.2 Å². The molecule has 2 N–H and O–H groups in total. The summed E-state index contributed by atoms with van der Waals surface area (Å²) < 4.78 is 13.8. The first kappa shape index (κ1) is 11.5. The van der Waals surface area contributed by atoms with E-state index in [2.05, 4.69) is 25.5 Å². The van der Waals surface area contributed by atoms with E-state index in [0.717, 1.165) is 11.3 Å². The van der Waals surface area contributed by atoms with Gasteiger partial charge in [0.25, 0.3) is 0 Å². The average molecular weight is 235 g/mol. The van der Waals surface area contributed by atoms with Crippen LogP contribution in [0.3, 0.4) is 0 Å². The summed E-state index contributed by atoms with van der Waals surface area (Å²) in [6, 6.07) is 0. The standard InChI is InChI=1S/C11H14FN5/c1-3-8-10(12)11(15-6-14-8)13-5-9-7(2)4-16-17-9/h4,6H,3,5H2,1-2H3,(H,16,17)(H,13,14,15).